The monoisotopic (exact) mass is 320 g/mol. The van der Waals surface area contributed by atoms with Crippen LogP contribution in [0, 0.1) is 0 Å². The maximum atomic E-state index is 10.6. The number of rotatable bonds is 2. The van der Waals surface area contributed by atoms with Gasteiger partial charge < -0.3 is 14.9 Å². The number of hydrogen-bond donors (Lipinski definition) is 2. The molecule has 4 rings (SSSR count). The summed E-state index contributed by atoms with van der Waals surface area (Å²) in [4.78, 5) is 0. The van der Waals surface area contributed by atoms with E-state index >= 15 is 0 Å². The molecule has 0 amide bonds. The van der Waals surface area contributed by atoms with E-state index in [1.807, 2.05) is 30.3 Å². The predicted octanol–water partition coefficient (Wildman–Crippen LogP) is 4.35. The summed E-state index contributed by atoms with van der Waals surface area (Å²) in [6, 6.07) is 13.8. The van der Waals surface area contributed by atoms with Crippen molar-refractivity contribution in [3.8, 4) is 22.6 Å². The minimum atomic E-state index is -0.221. The van der Waals surface area contributed by atoms with Crippen LogP contribution < -0.4 is 4.74 Å². The second-order valence-corrected chi connectivity index (χ2v) is 6.89. The lowest BCUT2D eigenvalue weighted by Gasteiger charge is -2.22. The number of methoxy groups -OCH3 is 1. The average Bonchev–Trinajstić information content (AvgIpc) is 2.82. The molecule has 1 aliphatic carbocycles. The van der Waals surface area contributed by atoms with Gasteiger partial charge >= 0.3 is 0 Å². The van der Waals surface area contributed by atoms with Crippen molar-refractivity contribution in [1.29, 1.82) is 0 Å². The molecule has 0 bridgehead atoms. The normalized spacial score (nSPS) is 14.5. The molecule has 3 aromatic carbocycles. The third-order valence-electron chi connectivity index (χ3n) is 5.21. The van der Waals surface area contributed by atoms with E-state index in [1.165, 1.54) is 11.1 Å². The molecule has 0 saturated heterocycles. The minimum Gasteiger partial charge on any atom is -0.507 e. The number of phenolic OH excluding ortho intramolecular Hbond substituents is 1. The van der Waals surface area contributed by atoms with Crippen LogP contribution in [0.4, 0.5) is 0 Å². The largest absolute Gasteiger partial charge is 0.507 e. The third-order valence-corrected chi connectivity index (χ3v) is 5.21. The fourth-order valence-electron chi connectivity index (χ4n) is 3.87. The molecule has 0 spiro atoms. The lowest BCUT2D eigenvalue weighted by molar-refractivity contribution is 0.281. The third kappa shape index (κ3) is 1.88. The lowest BCUT2D eigenvalue weighted by atomic mass is 9.81. The van der Waals surface area contributed by atoms with E-state index in [9.17, 15) is 10.2 Å². The highest BCUT2D eigenvalue weighted by atomic mass is 16.5. The number of aliphatic hydroxyl groups is 1. The van der Waals surface area contributed by atoms with Gasteiger partial charge in [0.2, 0.25) is 0 Å². The molecule has 0 fully saturated rings. The molecule has 24 heavy (non-hydrogen) atoms. The Morgan fingerprint density at radius 1 is 0.958 bits per heavy atom. The van der Waals surface area contributed by atoms with Crippen LogP contribution in [0.3, 0.4) is 0 Å². The summed E-state index contributed by atoms with van der Waals surface area (Å²) >= 11 is 0. The molecule has 0 aliphatic heterocycles. The maximum Gasteiger partial charge on any atom is 0.123 e. The van der Waals surface area contributed by atoms with E-state index in [-0.39, 0.29) is 17.8 Å². The van der Waals surface area contributed by atoms with Crippen molar-refractivity contribution in [2.75, 3.05) is 7.11 Å². The lowest BCUT2D eigenvalue weighted by Crippen LogP contribution is -2.15. The van der Waals surface area contributed by atoms with E-state index in [0.29, 0.717) is 0 Å². The van der Waals surface area contributed by atoms with Gasteiger partial charge in [-0.2, -0.15) is 0 Å². The number of aromatic hydroxyl groups is 1. The summed E-state index contributed by atoms with van der Waals surface area (Å²) in [6.45, 7) is 4.35. The Balaban J connectivity index is 2.11. The Hall–Kier alpha value is -2.52. The first kappa shape index (κ1) is 15.0. The number of fused-ring (bicyclic) bond motifs is 5. The van der Waals surface area contributed by atoms with Gasteiger partial charge in [-0.25, -0.2) is 0 Å². The van der Waals surface area contributed by atoms with Gasteiger partial charge in [0.15, 0.2) is 0 Å². The zero-order valence-corrected chi connectivity index (χ0v) is 14.1. The minimum absolute atomic E-state index is 0.0307. The molecular formula is C21H20O3. The number of benzene rings is 3. The van der Waals surface area contributed by atoms with Crippen molar-refractivity contribution < 1.29 is 14.9 Å². The van der Waals surface area contributed by atoms with Crippen molar-refractivity contribution in [2.24, 2.45) is 0 Å². The summed E-state index contributed by atoms with van der Waals surface area (Å²) in [5, 5.41) is 21.9. The molecule has 0 heterocycles. The number of aliphatic hydroxyl groups excluding tert-OH is 1. The van der Waals surface area contributed by atoms with Crippen LogP contribution >= 0.6 is 0 Å². The van der Waals surface area contributed by atoms with Gasteiger partial charge in [0.1, 0.15) is 11.5 Å². The Labute approximate surface area is 141 Å². The van der Waals surface area contributed by atoms with E-state index in [4.69, 9.17) is 4.74 Å². The van der Waals surface area contributed by atoms with Gasteiger partial charge in [0, 0.05) is 10.8 Å². The second-order valence-electron chi connectivity index (χ2n) is 6.89. The fraction of sp³-hybridized carbons (Fsp3) is 0.238. The second kappa shape index (κ2) is 4.99. The van der Waals surface area contributed by atoms with Gasteiger partial charge in [0.05, 0.1) is 13.7 Å². The summed E-state index contributed by atoms with van der Waals surface area (Å²) in [5.41, 5.74) is 5.32. The topological polar surface area (TPSA) is 49.7 Å². The van der Waals surface area contributed by atoms with Crippen LogP contribution in [0.15, 0.2) is 42.5 Å². The van der Waals surface area contributed by atoms with E-state index in [2.05, 4.69) is 26.0 Å². The Bertz CT molecular complexity index is 970. The van der Waals surface area contributed by atoms with Crippen LogP contribution in [0.25, 0.3) is 21.9 Å². The quantitative estimate of drug-likeness (QED) is 0.738. The summed E-state index contributed by atoms with van der Waals surface area (Å²) in [6.07, 6.45) is 0. The molecule has 0 radical (unpaired) electrons. The summed E-state index contributed by atoms with van der Waals surface area (Å²) in [7, 11) is 1.63. The number of ether oxygens (including phenoxy) is 1. The smallest absolute Gasteiger partial charge is 0.123 e. The Kier molecular flexibility index (Phi) is 3.12. The molecule has 3 aromatic rings. The zero-order valence-electron chi connectivity index (χ0n) is 14.1. The molecule has 0 unspecified atom stereocenters. The first-order valence-electron chi connectivity index (χ1n) is 8.06. The standard InChI is InChI=1S/C21H20O3/c1-21(2)17-8-12(11-22)4-6-15(17)20-14-7-5-13(24-3)9-16(14)19(23)10-18(20)21/h4-10,22-23H,11H2,1-3H3. The van der Waals surface area contributed by atoms with Crippen molar-refractivity contribution in [2.45, 2.75) is 25.9 Å². The van der Waals surface area contributed by atoms with Crippen molar-refractivity contribution in [3.63, 3.8) is 0 Å². The van der Waals surface area contributed by atoms with Crippen LogP contribution in [0.2, 0.25) is 0 Å². The Morgan fingerprint density at radius 2 is 1.75 bits per heavy atom. The molecule has 1 aliphatic rings. The summed E-state index contributed by atoms with van der Waals surface area (Å²) < 4.78 is 5.30. The SMILES string of the molecule is COc1ccc2c3c(cc(O)c2c1)C(C)(C)c1cc(CO)ccc1-3. The van der Waals surface area contributed by atoms with Gasteiger partial charge in [0.25, 0.3) is 0 Å². The van der Waals surface area contributed by atoms with Crippen molar-refractivity contribution >= 4 is 10.8 Å². The molecule has 3 nitrogen and oxygen atoms in total. The molecule has 0 saturated carbocycles. The molecule has 3 heteroatoms. The van der Waals surface area contributed by atoms with Crippen LogP contribution in [0.1, 0.15) is 30.5 Å². The number of hydrogen-bond acceptors (Lipinski definition) is 3. The van der Waals surface area contributed by atoms with Gasteiger partial charge in [-0.05, 0) is 57.5 Å². The zero-order chi connectivity index (χ0) is 17.1. The van der Waals surface area contributed by atoms with Crippen LogP contribution in [-0.2, 0) is 12.0 Å². The highest BCUT2D eigenvalue weighted by molar-refractivity contribution is 6.05. The van der Waals surface area contributed by atoms with Gasteiger partial charge in [-0.1, -0.05) is 32.0 Å². The molecule has 0 atom stereocenters. The molecular weight excluding hydrogens is 300 g/mol. The fourth-order valence-corrected chi connectivity index (χ4v) is 3.87. The maximum absolute atomic E-state index is 10.6. The molecule has 122 valence electrons. The average molecular weight is 320 g/mol. The van der Waals surface area contributed by atoms with Crippen molar-refractivity contribution in [1.82, 2.24) is 0 Å². The van der Waals surface area contributed by atoms with E-state index < -0.39 is 0 Å². The summed E-state index contributed by atoms with van der Waals surface area (Å²) in [5.74, 6) is 0.997. The molecule has 2 N–H and O–H groups in total. The highest BCUT2D eigenvalue weighted by Crippen LogP contribution is 2.53. The molecule has 0 aromatic heterocycles. The van der Waals surface area contributed by atoms with Gasteiger partial charge in [-0.3, -0.25) is 0 Å². The van der Waals surface area contributed by atoms with Crippen LogP contribution in [0.5, 0.6) is 11.5 Å². The first-order valence-corrected chi connectivity index (χ1v) is 8.06. The predicted molar refractivity (Wildman–Crippen MR) is 95.7 cm³/mol. The van der Waals surface area contributed by atoms with Crippen molar-refractivity contribution in [3.05, 3.63) is 59.2 Å². The van der Waals surface area contributed by atoms with E-state index in [0.717, 1.165) is 33.2 Å². The highest BCUT2D eigenvalue weighted by Gasteiger charge is 2.37. The first-order chi connectivity index (χ1) is 11.5. The van der Waals surface area contributed by atoms with Gasteiger partial charge in [-0.15, -0.1) is 0 Å². The number of phenols is 1. The van der Waals surface area contributed by atoms with Crippen LogP contribution in [-0.4, -0.2) is 17.3 Å². The Morgan fingerprint density at radius 3 is 2.46 bits per heavy atom. The van der Waals surface area contributed by atoms with E-state index in [1.54, 1.807) is 7.11 Å².